The molecule has 1 N–H and O–H groups in total. The van der Waals surface area contributed by atoms with E-state index in [1.807, 2.05) is 91.1 Å². The first-order valence-corrected chi connectivity index (χ1v) is 12.5. The lowest BCUT2D eigenvalue weighted by atomic mass is 9.99. The highest BCUT2D eigenvalue weighted by Gasteiger charge is 2.22. The summed E-state index contributed by atoms with van der Waals surface area (Å²) in [4.78, 5) is 27.6. The average molecular weight is 497 g/mol. The highest BCUT2D eigenvalue weighted by molar-refractivity contribution is 7.15. The largest absolute Gasteiger partial charge is 0.462 e. The monoisotopic (exact) mass is 496 g/mol. The molecule has 4 rings (SSSR count). The van der Waals surface area contributed by atoms with E-state index in [1.54, 1.807) is 13.0 Å². The summed E-state index contributed by atoms with van der Waals surface area (Å²) in [5.74, 6) is -0.774. The van der Waals surface area contributed by atoms with E-state index in [-0.39, 0.29) is 12.5 Å². The molecule has 0 atom stereocenters. The third-order valence-corrected chi connectivity index (χ3v) is 6.54. The van der Waals surface area contributed by atoms with Crippen LogP contribution >= 0.6 is 11.3 Å². The summed E-state index contributed by atoms with van der Waals surface area (Å²) in [6, 6.07) is 26.0. The maximum absolute atomic E-state index is 12.9. The van der Waals surface area contributed by atoms with Gasteiger partial charge in [-0.05, 0) is 47.4 Å². The number of hydrogen-bond donors (Lipinski definition) is 1. The van der Waals surface area contributed by atoms with Gasteiger partial charge in [0.25, 0.3) is 0 Å². The molecule has 36 heavy (non-hydrogen) atoms. The van der Waals surface area contributed by atoms with Crippen LogP contribution in [-0.2, 0) is 9.53 Å². The highest BCUT2D eigenvalue weighted by Crippen LogP contribution is 2.37. The molecule has 0 unspecified atom stereocenters. The van der Waals surface area contributed by atoms with Gasteiger partial charge in [-0.25, -0.2) is 4.79 Å². The van der Waals surface area contributed by atoms with E-state index in [0.717, 1.165) is 33.5 Å². The van der Waals surface area contributed by atoms with Gasteiger partial charge >= 0.3 is 5.97 Å². The summed E-state index contributed by atoms with van der Waals surface area (Å²) in [5, 5.41) is 5.20. The van der Waals surface area contributed by atoms with Crippen molar-refractivity contribution in [3.8, 4) is 22.3 Å². The Bertz CT molecular complexity index is 1360. The molecule has 3 aromatic carbocycles. The van der Waals surface area contributed by atoms with Crippen molar-refractivity contribution in [2.45, 2.75) is 6.92 Å². The van der Waals surface area contributed by atoms with Crippen molar-refractivity contribution >= 4 is 40.0 Å². The van der Waals surface area contributed by atoms with Crippen LogP contribution in [0.2, 0.25) is 0 Å². The number of hydrogen-bond acceptors (Lipinski definition) is 5. The average Bonchev–Trinajstić information content (AvgIpc) is 3.32. The van der Waals surface area contributed by atoms with Gasteiger partial charge in [0.05, 0.1) is 6.61 Å². The molecular weight excluding hydrogens is 468 g/mol. The second-order valence-corrected chi connectivity index (χ2v) is 9.21. The Morgan fingerprint density at radius 3 is 2.17 bits per heavy atom. The predicted molar refractivity (Wildman–Crippen MR) is 150 cm³/mol. The molecule has 0 saturated carbocycles. The summed E-state index contributed by atoms with van der Waals surface area (Å²) in [6.07, 6.45) is 3.21. The summed E-state index contributed by atoms with van der Waals surface area (Å²) in [6.45, 7) is 2.01. The van der Waals surface area contributed by atoms with E-state index in [2.05, 4.69) is 17.4 Å². The van der Waals surface area contributed by atoms with E-state index in [1.165, 1.54) is 17.4 Å². The molecule has 0 fully saturated rings. The minimum Gasteiger partial charge on any atom is -0.462 e. The molecule has 0 bridgehead atoms. The Morgan fingerprint density at radius 1 is 0.889 bits per heavy atom. The lowest BCUT2D eigenvalue weighted by Gasteiger charge is -2.11. The van der Waals surface area contributed by atoms with E-state index in [9.17, 15) is 9.59 Å². The zero-order chi connectivity index (χ0) is 25.5. The van der Waals surface area contributed by atoms with E-state index < -0.39 is 5.97 Å². The van der Waals surface area contributed by atoms with Gasteiger partial charge in [-0.3, -0.25) is 4.79 Å². The van der Waals surface area contributed by atoms with Crippen LogP contribution in [0.15, 0.2) is 90.3 Å². The van der Waals surface area contributed by atoms with Crippen molar-refractivity contribution in [2.24, 2.45) is 0 Å². The molecule has 1 heterocycles. The minimum atomic E-state index is -0.459. The van der Waals surface area contributed by atoms with E-state index in [4.69, 9.17) is 4.74 Å². The topological polar surface area (TPSA) is 58.6 Å². The Balaban J connectivity index is 1.56. The van der Waals surface area contributed by atoms with Crippen LogP contribution in [0.4, 0.5) is 10.7 Å². The number of amides is 1. The fourth-order valence-electron chi connectivity index (χ4n) is 3.75. The maximum atomic E-state index is 12.9. The Hall–Kier alpha value is -4.16. The number of esters is 1. The Labute approximate surface area is 215 Å². The number of thiophene rings is 1. The molecule has 1 amide bonds. The van der Waals surface area contributed by atoms with E-state index in [0.29, 0.717) is 10.6 Å². The second kappa shape index (κ2) is 11.5. The Kier molecular flexibility index (Phi) is 7.98. The van der Waals surface area contributed by atoms with Crippen molar-refractivity contribution in [1.82, 2.24) is 0 Å². The third kappa shape index (κ3) is 5.90. The molecule has 0 aliphatic rings. The van der Waals surface area contributed by atoms with Gasteiger partial charge in [0.1, 0.15) is 10.6 Å². The van der Waals surface area contributed by atoms with Gasteiger partial charge in [-0.15, -0.1) is 11.3 Å². The van der Waals surface area contributed by atoms with Gasteiger partial charge in [0.15, 0.2) is 0 Å². The summed E-state index contributed by atoms with van der Waals surface area (Å²) >= 11 is 1.31. The van der Waals surface area contributed by atoms with Crippen LogP contribution in [0.3, 0.4) is 0 Å². The number of nitrogens with one attached hydrogen (secondary N) is 1. The molecule has 1 aromatic heterocycles. The SMILES string of the molecule is CCOC(=O)c1c(-c2ccc(-c3ccccc3)cc2)csc1NC(=O)/C=C/c1ccc(N(C)C)cc1. The predicted octanol–water partition coefficient (Wildman–Crippen LogP) is 6.98. The standard InChI is InChI=1S/C30H28N2O3S/c1-4-35-30(34)28-26(24-15-13-23(14-16-24)22-8-6-5-7-9-22)20-36-29(28)31-27(33)19-12-21-10-17-25(18-11-21)32(2)3/h5-20H,4H2,1-3H3,(H,31,33)/b19-12+. The van der Waals surface area contributed by atoms with Gasteiger partial charge in [-0.2, -0.15) is 0 Å². The number of carbonyl (C=O) groups is 2. The van der Waals surface area contributed by atoms with E-state index >= 15 is 0 Å². The smallest absolute Gasteiger partial charge is 0.341 e. The number of rotatable bonds is 8. The third-order valence-electron chi connectivity index (χ3n) is 5.65. The normalized spacial score (nSPS) is 10.9. The highest BCUT2D eigenvalue weighted by atomic mass is 32.1. The lowest BCUT2D eigenvalue weighted by molar-refractivity contribution is -0.111. The number of benzene rings is 3. The fourth-order valence-corrected chi connectivity index (χ4v) is 4.71. The molecule has 182 valence electrons. The van der Waals surface area contributed by atoms with Crippen molar-refractivity contribution in [1.29, 1.82) is 0 Å². The van der Waals surface area contributed by atoms with Crippen LogP contribution in [-0.4, -0.2) is 32.6 Å². The van der Waals surface area contributed by atoms with Crippen LogP contribution in [0.1, 0.15) is 22.8 Å². The number of nitrogens with zero attached hydrogens (tertiary/aromatic N) is 1. The molecule has 0 aliphatic heterocycles. The lowest BCUT2D eigenvalue weighted by Crippen LogP contribution is -2.12. The number of ether oxygens (including phenoxy) is 1. The Morgan fingerprint density at radius 2 is 1.53 bits per heavy atom. The minimum absolute atomic E-state index is 0.247. The molecule has 5 nitrogen and oxygen atoms in total. The summed E-state index contributed by atoms with van der Waals surface area (Å²) < 4.78 is 5.32. The van der Waals surface area contributed by atoms with Crippen molar-refractivity contribution in [3.05, 3.63) is 101 Å². The van der Waals surface area contributed by atoms with Gasteiger partial charge < -0.3 is 15.0 Å². The quantitative estimate of drug-likeness (QED) is 0.211. The molecule has 0 saturated heterocycles. The molecule has 6 heteroatoms. The van der Waals surface area contributed by atoms with Gasteiger partial charge in [0, 0.05) is 36.8 Å². The second-order valence-electron chi connectivity index (χ2n) is 8.33. The van der Waals surface area contributed by atoms with Gasteiger partial charge in [0.2, 0.25) is 5.91 Å². The van der Waals surface area contributed by atoms with Crippen LogP contribution in [0, 0.1) is 0 Å². The zero-order valence-corrected chi connectivity index (χ0v) is 21.3. The molecule has 4 aromatic rings. The van der Waals surface area contributed by atoms with Crippen LogP contribution < -0.4 is 10.2 Å². The van der Waals surface area contributed by atoms with Crippen molar-refractivity contribution in [2.75, 3.05) is 30.9 Å². The first kappa shape index (κ1) is 24.9. The first-order chi connectivity index (χ1) is 17.5. The first-order valence-electron chi connectivity index (χ1n) is 11.7. The van der Waals surface area contributed by atoms with Crippen molar-refractivity contribution < 1.29 is 14.3 Å². The zero-order valence-electron chi connectivity index (χ0n) is 20.5. The fraction of sp³-hybridized carbons (Fsp3) is 0.133. The molecule has 0 spiro atoms. The molecular formula is C30H28N2O3S. The maximum Gasteiger partial charge on any atom is 0.341 e. The number of anilines is 2. The summed E-state index contributed by atoms with van der Waals surface area (Å²) in [7, 11) is 3.96. The molecule has 0 aliphatic carbocycles. The van der Waals surface area contributed by atoms with Gasteiger partial charge in [-0.1, -0.05) is 66.7 Å². The van der Waals surface area contributed by atoms with Crippen molar-refractivity contribution in [3.63, 3.8) is 0 Å². The number of carbonyl (C=O) groups excluding carboxylic acids is 2. The van der Waals surface area contributed by atoms with Crippen LogP contribution in [0.5, 0.6) is 0 Å². The summed E-state index contributed by atoms with van der Waals surface area (Å²) in [5.41, 5.74) is 6.18. The van der Waals surface area contributed by atoms with Crippen LogP contribution in [0.25, 0.3) is 28.3 Å². The molecule has 0 radical (unpaired) electrons.